The Morgan fingerprint density at radius 1 is 1.29 bits per heavy atom. The fourth-order valence-corrected chi connectivity index (χ4v) is 2.57. The molecule has 0 bridgehead atoms. The highest BCUT2D eigenvalue weighted by molar-refractivity contribution is 7.90. The summed E-state index contributed by atoms with van der Waals surface area (Å²) in [5.74, 6) is -3.39. The number of ketones is 2. The Hall–Kier alpha value is -2.60. The maximum absolute atomic E-state index is 12.5. The highest BCUT2D eigenvalue weighted by atomic mass is 32.2. The van der Waals surface area contributed by atoms with Crippen LogP contribution in [0, 0.1) is 32.8 Å². The van der Waals surface area contributed by atoms with Gasteiger partial charge in [0, 0.05) is 17.7 Å². The van der Waals surface area contributed by atoms with Crippen LogP contribution in [0.5, 0.6) is 0 Å². The van der Waals surface area contributed by atoms with Crippen LogP contribution in [-0.4, -0.2) is 31.2 Å². The molecule has 8 nitrogen and oxygen atoms in total. The summed E-state index contributed by atoms with van der Waals surface area (Å²) < 4.78 is 23.0. The van der Waals surface area contributed by atoms with Crippen molar-refractivity contribution in [2.45, 2.75) is 25.7 Å². The van der Waals surface area contributed by atoms with Gasteiger partial charge in [-0.25, -0.2) is 8.42 Å². The van der Waals surface area contributed by atoms with Crippen molar-refractivity contribution >= 4 is 27.1 Å². The SMILES string of the molecule is CC(C)(C)C(=O)C(C#N)C(=O)c1ccc(S(C)(=O)=O)cc1[N+](=O)[O-]. The third-order valence-electron chi connectivity index (χ3n) is 3.25. The number of sulfone groups is 1. The molecule has 0 aliphatic heterocycles. The van der Waals surface area contributed by atoms with Crippen LogP contribution in [0.15, 0.2) is 23.1 Å². The van der Waals surface area contributed by atoms with Gasteiger partial charge in [0.25, 0.3) is 5.69 Å². The largest absolute Gasteiger partial charge is 0.297 e. The van der Waals surface area contributed by atoms with Gasteiger partial charge in [-0.2, -0.15) is 5.26 Å². The lowest BCUT2D eigenvalue weighted by molar-refractivity contribution is -0.385. The molecule has 0 spiro atoms. The second-order valence-electron chi connectivity index (χ2n) is 6.25. The fraction of sp³-hybridized carbons (Fsp3) is 0.400. The van der Waals surface area contributed by atoms with Gasteiger partial charge < -0.3 is 0 Å². The van der Waals surface area contributed by atoms with Crippen LogP contribution >= 0.6 is 0 Å². The lowest BCUT2D eigenvalue weighted by atomic mass is 9.80. The lowest BCUT2D eigenvalue weighted by Crippen LogP contribution is -2.33. The molecule has 1 rings (SSSR count). The lowest BCUT2D eigenvalue weighted by Gasteiger charge is -2.19. The maximum atomic E-state index is 12.5. The first-order chi connectivity index (χ1) is 10.8. The van der Waals surface area contributed by atoms with Gasteiger partial charge in [-0.1, -0.05) is 20.8 Å². The average molecular weight is 352 g/mol. The van der Waals surface area contributed by atoms with Crippen LogP contribution in [0.1, 0.15) is 31.1 Å². The summed E-state index contributed by atoms with van der Waals surface area (Å²) in [6.45, 7) is 4.57. The van der Waals surface area contributed by atoms with Crippen LogP contribution in [0.3, 0.4) is 0 Å². The first kappa shape index (κ1) is 19.4. The number of nitrogens with zero attached hydrogens (tertiary/aromatic N) is 2. The molecule has 0 heterocycles. The van der Waals surface area contributed by atoms with E-state index in [1.807, 2.05) is 0 Å². The minimum Gasteiger partial charge on any atom is -0.297 e. The zero-order valence-corrected chi connectivity index (χ0v) is 14.4. The van der Waals surface area contributed by atoms with Gasteiger partial charge in [0.15, 0.2) is 27.3 Å². The molecule has 0 saturated heterocycles. The minimum absolute atomic E-state index is 0.332. The summed E-state index contributed by atoms with van der Waals surface area (Å²) in [4.78, 5) is 34.6. The second-order valence-corrected chi connectivity index (χ2v) is 8.26. The van der Waals surface area contributed by atoms with Crippen molar-refractivity contribution in [2.24, 2.45) is 11.3 Å². The van der Waals surface area contributed by atoms with Crippen LogP contribution in [0.2, 0.25) is 0 Å². The smallest absolute Gasteiger partial charge is 0.281 e. The number of carbonyl (C=O) groups excluding carboxylic acids is 2. The number of Topliss-reactive ketones (excluding diaryl/α,β-unsaturated/α-hetero) is 2. The number of nitro groups is 1. The first-order valence-corrected chi connectivity index (χ1v) is 8.66. The van der Waals surface area contributed by atoms with Crippen LogP contribution in [0.4, 0.5) is 5.69 Å². The minimum atomic E-state index is -3.71. The van der Waals surface area contributed by atoms with Crippen LogP contribution < -0.4 is 0 Å². The van der Waals surface area contributed by atoms with E-state index in [0.29, 0.717) is 0 Å². The topological polar surface area (TPSA) is 135 Å². The molecule has 1 aromatic carbocycles. The monoisotopic (exact) mass is 352 g/mol. The van der Waals surface area contributed by atoms with E-state index in [1.165, 1.54) is 20.8 Å². The van der Waals surface area contributed by atoms with Crippen molar-refractivity contribution in [3.63, 3.8) is 0 Å². The van der Waals surface area contributed by atoms with E-state index in [2.05, 4.69) is 0 Å². The van der Waals surface area contributed by atoms with Gasteiger partial charge in [-0.3, -0.25) is 19.7 Å². The Labute approximate surface area is 139 Å². The molecule has 128 valence electrons. The van der Waals surface area contributed by atoms with E-state index in [1.54, 1.807) is 6.07 Å². The Bertz CT molecular complexity index is 859. The quantitative estimate of drug-likeness (QED) is 0.342. The number of hydrogen-bond acceptors (Lipinski definition) is 7. The van der Waals surface area contributed by atoms with Crippen molar-refractivity contribution in [1.82, 2.24) is 0 Å². The van der Waals surface area contributed by atoms with Crippen molar-refractivity contribution < 1.29 is 22.9 Å². The molecule has 0 N–H and O–H groups in total. The van der Waals surface area contributed by atoms with Gasteiger partial charge in [0.05, 0.1) is 21.5 Å². The van der Waals surface area contributed by atoms with Crippen molar-refractivity contribution in [2.75, 3.05) is 6.26 Å². The van der Waals surface area contributed by atoms with Gasteiger partial charge in [-0.05, 0) is 12.1 Å². The molecule has 24 heavy (non-hydrogen) atoms. The molecule has 0 saturated carbocycles. The molecule has 0 aliphatic carbocycles. The zero-order chi connectivity index (χ0) is 18.9. The second kappa shape index (κ2) is 6.49. The summed E-state index contributed by atoms with van der Waals surface area (Å²) in [7, 11) is -3.71. The van der Waals surface area contributed by atoms with Gasteiger partial charge in [0.1, 0.15) is 0 Å². The zero-order valence-electron chi connectivity index (χ0n) is 13.6. The fourth-order valence-electron chi connectivity index (χ4n) is 1.93. The number of hydrogen-bond donors (Lipinski definition) is 0. The van der Waals surface area contributed by atoms with E-state index in [0.717, 1.165) is 24.5 Å². The highest BCUT2D eigenvalue weighted by Crippen LogP contribution is 2.28. The third-order valence-corrected chi connectivity index (χ3v) is 4.36. The third kappa shape index (κ3) is 4.02. The molecular weight excluding hydrogens is 336 g/mol. The number of nitro benzene ring substituents is 1. The Kier molecular flexibility index (Phi) is 5.26. The molecule has 1 atom stereocenters. The van der Waals surface area contributed by atoms with Crippen molar-refractivity contribution in [3.8, 4) is 6.07 Å². The van der Waals surface area contributed by atoms with E-state index in [9.17, 15) is 28.1 Å². The summed E-state index contributed by atoms with van der Waals surface area (Å²) in [6.07, 6.45) is 0.870. The molecule has 9 heteroatoms. The molecule has 0 aromatic heterocycles. The number of carbonyl (C=O) groups is 2. The average Bonchev–Trinajstić information content (AvgIpc) is 2.45. The van der Waals surface area contributed by atoms with Gasteiger partial charge >= 0.3 is 0 Å². The predicted octanol–water partition coefficient (Wildman–Crippen LogP) is 1.94. The molecule has 1 aromatic rings. The normalized spacial score (nSPS) is 13.0. The van der Waals surface area contributed by atoms with E-state index < -0.39 is 48.9 Å². The van der Waals surface area contributed by atoms with Gasteiger partial charge in [0.2, 0.25) is 0 Å². The standard InChI is InChI=1S/C15H16N2O6S/c1-15(2,3)14(19)11(8-16)13(18)10-6-5-9(24(4,22)23)7-12(10)17(20)21/h5-7,11H,1-4H3. The molecular formula is C15H16N2O6S. The molecule has 0 amide bonds. The summed E-state index contributed by atoms with van der Waals surface area (Å²) >= 11 is 0. The van der Waals surface area contributed by atoms with Gasteiger partial charge in [-0.15, -0.1) is 0 Å². The molecule has 0 aliphatic rings. The van der Waals surface area contributed by atoms with Crippen LogP contribution in [-0.2, 0) is 14.6 Å². The first-order valence-electron chi connectivity index (χ1n) is 6.77. The summed E-state index contributed by atoms with van der Waals surface area (Å²) in [5.41, 5.74) is -2.22. The summed E-state index contributed by atoms with van der Waals surface area (Å²) in [6, 6.07) is 4.32. The number of rotatable bonds is 5. The van der Waals surface area contributed by atoms with E-state index >= 15 is 0 Å². The molecule has 1 unspecified atom stereocenters. The predicted molar refractivity (Wildman–Crippen MR) is 84.1 cm³/mol. The molecule has 0 fully saturated rings. The number of nitriles is 1. The van der Waals surface area contributed by atoms with Crippen molar-refractivity contribution in [3.05, 3.63) is 33.9 Å². The van der Waals surface area contributed by atoms with Crippen LogP contribution in [0.25, 0.3) is 0 Å². The molecule has 0 radical (unpaired) electrons. The maximum Gasteiger partial charge on any atom is 0.281 e. The van der Waals surface area contributed by atoms with Crippen molar-refractivity contribution in [1.29, 1.82) is 5.26 Å². The Morgan fingerprint density at radius 2 is 1.83 bits per heavy atom. The highest BCUT2D eigenvalue weighted by Gasteiger charge is 2.37. The Balaban J connectivity index is 3.51. The van der Waals surface area contributed by atoms with E-state index in [4.69, 9.17) is 5.26 Å². The summed E-state index contributed by atoms with van der Waals surface area (Å²) in [5, 5.41) is 20.3. The van der Waals surface area contributed by atoms with E-state index in [-0.39, 0.29) is 4.90 Å². The number of benzene rings is 1. The Morgan fingerprint density at radius 3 is 2.21 bits per heavy atom.